The van der Waals surface area contributed by atoms with Crippen LogP contribution in [0.5, 0.6) is 11.5 Å². The van der Waals surface area contributed by atoms with Crippen LogP contribution in [0.3, 0.4) is 0 Å². The Morgan fingerprint density at radius 1 is 1.06 bits per heavy atom. The van der Waals surface area contributed by atoms with Crippen LogP contribution in [-0.4, -0.2) is 55.3 Å². The number of carbonyl (C=O) groups is 3. The molecule has 33 heavy (non-hydrogen) atoms. The number of rotatable bonds is 8. The third kappa shape index (κ3) is 5.18. The van der Waals surface area contributed by atoms with Crippen LogP contribution in [0.25, 0.3) is 0 Å². The van der Waals surface area contributed by atoms with Gasteiger partial charge < -0.3 is 19.3 Å². The van der Waals surface area contributed by atoms with Crippen LogP contribution in [0.4, 0.5) is 5.69 Å². The van der Waals surface area contributed by atoms with Crippen molar-refractivity contribution in [1.82, 2.24) is 4.90 Å². The number of carbonyl (C=O) groups excluding carboxylic acids is 3. The van der Waals surface area contributed by atoms with Gasteiger partial charge in [0, 0.05) is 31.6 Å². The molecule has 1 fully saturated rings. The van der Waals surface area contributed by atoms with Crippen molar-refractivity contribution in [1.29, 1.82) is 0 Å². The summed E-state index contributed by atoms with van der Waals surface area (Å²) in [5.41, 5.74) is 2.97. The molecule has 2 aliphatic heterocycles. The normalized spacial score (nSPS) is 15.3. The minimum Gasteiger partial charge on any atom is -0.485 e. The van der Waals surface area contributed by atoms with Crippen molar-refractivity contribution in [3.63, 3.8) is 0 Å². The van der Waals surface area contributed by atoms with Crippen molar-refractivity contribution in [3.05, 3.63) is 53.1 Å². The average Bonchev–Trinajstić information content (AvgIpc) is 3.35. The monoisotopic (exact) mass is 450 g/mol. The van der Waals surface area contributed by atoms with E-state index in [9.17, 15) is 14.4 Å². The van der Waals surface area contributed by atoms with Crippen molar-refractivity contribution >= 4 is 23.3 Å². The minimum absolute atomic E-state index is 0.0456. The fraction of sp³-hybridized carbons (Fsp3) is 0.423. The molecule has 0 atom stereocenters. The van der Waals surface area contributed by atoms with E-state index in [0.29, 0.717) is 42.1 Å². The zero-order valence-electron chi connectivity index (χ0n) is 19.3. The molecule has 0 aliphatic carbocycles. The van der Waals surface area contributed by atoms with Crippen LogP contribution in [0, 0.1) is 13.8 Å². The first kappa shape index (κ1) is 22.8. The van der Waals surface area contributed by atoms with Crippen molar-refractivity contribution < 1.29 is 23.9 Å². The summed E-state index contributed by atoms with van der Waals surface area (Å²) in [7, 11) is 0. The Bertz CT molecular complexity index is 1040. The maximum absolute atomic E-state index is 12.8. The predicted octanol–water partition coefficient (Wildman–Crippen LogP) is 3.69. The number of fused-ring (bicyclic) bond motifs is 1. The summed E-state index contributed by atoms with van der Waals surface area (Å²) >= 11 is 0. The summed E-state index contributed by atoms with van der Waals surface area (Å²) in [5, 5.41) is 0. The van der Waals surface area contributed by atoms with Crippen LogP contribution in [0.1, 0.15) is 47.2 Å². The van der Waals surface area contributed by atoms with E-state index in [1.807, 2.05) is 36.9 Å². The van der Waals surface area contributed by atoms with E-state index in [4.69, 9.17) is 9.47 Å². The van der Waals surface area contributed by atoms with Gasteiger partial charge in [-0.15, -0.1) is 0 Å². The number of hydrogen-bond acceptors (Lipinski definition) is 5. The summed E-state index contributed by atoms with van der Waals surface area (Å²) in [4.78, 5) is 41.2. The lowest BCUT2D eigenvalue weighted by Gasteiger charge is -2.30. The SMILES string of the molecule is Cc1cccc(C)c1OCC(=O)c1ccc2c(c1)N(CCCC(=O)N1CCCC1)C(=O)CO2. The highest BCUT2D eigenvalue weighted by atomic mass is 16.5. The van der Waals surface area contributed by atoms with Crippen LogP contribution < -0.4 is 14.4 Å². The number of nitrogens with zero attached hydrogens (tertiary/aromatic N) is 2. The first-order chi connectivity index (χ1) is 15.9. The maximum Gasteiger partial charge on any atom is 0.265 e. The average molecular weight is 451 g/mol. The Morgan fingerprint density at radius 3 is 2.52 bits per heavy atom. The van der Waals surface area contributed by atoms with Crippen molar-refractivity contribution in [3.8, 4) is 11.5 Å². The highest BCUT2D eigenvalue weighted by Gasteiger charge is 2.27. The Morgan fingerprint density at radius 2 is 1.79 bits per heavy atom. The van der Waals surface area contributed by atoms with Gasteiger partial charge in [-0.25, -0.2) is 0 Å². The number of para-hydroxylation sites is 1. The largest absolute Gasteiger partial charge is 0.485 e. The molecule has 2 aliphatic rings. The molecular formula is C26H30N2O5. The molecule has 0 radical (unpaired) electrons. The van der Waals surface area contributed by atoms with Crippen molar-refractivity contribution in [2.45, 2.75) is 39.5 Å². The van der Waals surface area contributed by atoms with Gasteiger partial charge in [-0.3, -0.25) is 14.4 Å². The van der Waals surface area contributed by atoms with E-state index in [1.54, 1.807) is 23.1 Å². The van der Waals surface area contributed by atoms with Gasteiger partial charge in [-0.2, -0.15) is 0 Å². The molecule has 174 valence electrons. The van der Waals surface area contributed by atoms with Gasteiger partial charge in [0.2, 0.25) is 5.91 Å². The zero-order valence-corrected chi connectivity index (χ0v) is 19.3. The fourth-order valence-electron chi connectivity index (χ4n) is 4.38. The topological polar surface area (TPSA) is 76.2 Å². The molecule has 0 aromatic heterocycles. The number of aryl methyl sites for hydroxylation is 2. The number of benzene rings is 2. The summed E-state index contributed by atoms with van der Waals surface area (Å²) in [5.74, 6) is 1.07. The second-order valence-electron chi connectivity index (χ2n) is 8.64. The highest BCUT2D eigenvalue weighted by Crippen LogP contribution is 2.33. The highest BCUT2D eigenvalue weighted by molar-refractivity contribution is 6.02. The van der Waals surface area contributed by atoms with Crippen molar-refractivity contribution in [2.75, 3.05) is 37.7 Å². The van der Waals surface area contributed by atoms with E-state index in [-0.39, 0.29) is 30.8 Å². The Balaban J connectivity index is 1.42. The second kappa shape index (κ2) is 10.1. The number of amides is 2. The standard InChI is InChI=1S/C26H30N2O5/c1-18-7-5-8-19(2)26(18)33-16-22(29)20-10-11-23-21(15-20)28(25(31)17-32-23)14-6-9-24(30)27-12-3-4-13-27/h5,7-8,10-11,15H,3-4,6,9,12-14,16-17H2,1-2H3. The number of Topliss-reactive ketones (excluding diaryl/α,β-unsaturated/α-hetero) is 1. The van der Waals surface area contributed by atoms with Gasteiger partial charge in [-0.05, 0) is 62.4 Å². The van der Waals surface area contributed by atoms with Gasteiger partial charge in [0.1, 0.15) is 11.5 Å². The number of ether oxygens (including phenoxy) is 2. The van der Waals surface area contributed by atoms with E-state index >= 15 is 0 Å². The molecule has 2 amide bonds. The van der Waals surface area contributed by atoms with E-state index in [1.165, 1.54) is 0 Å². The van der Waals surface area contributed by atoms with Gasteiger partial charge in [-0.1, -0.05) is 18.2 Å². The third-order valence-electron chi connectivity index (χ3n) is 6.21. The molecule has 7 heteroatoms. The number of likely N-dealkylation sites (tertiary alicyclic amines) is 1. The zero-order chi connectivity index (χ0) is 23.4. The molecule has 2 aromatic carbocycles. The smallest absolute Gasteiger partial charge is 0.265 e. The Hall–Kier alpha value is -3.35. The third-order valence-corrected chi connectivity index (χ3v) is 6.21. The fourth-order valence-corrected chi connectivity index (χ4v) is 4.38. The number of ketones is 1. The van der Waals surface area contributed by atoms with Gasteiger partial charge in [0.25, 0.3) is 5.91 Å². The molecule has 0 bridgehead atoms. The second-order valence-corrected chi connectivity index (χ2v) is 8.64. The molecule has 0 saturated carbocycles. The molecule has 4 rings (SSSR count). The maximum atomic E-state index is 12.8. The molecule has 7 nitrogen and oxygen atoms in total. The molecule has 2 heterocycles. The molecule has 0 unspecified atom stereocenters. The van der Waals surface area contributed by atoms with Gasteiger partial charge in [0.15, 0.2) is 19.0 Å². The number of anilines is 1. The van der Waals surface area contributed by atoms with Crippen LogP contribution in [0.2, 0.25) is 0 Å². The van der Waals surface area contributed by atoms with Crippen LogP contribution >= 0.6 is 0 Å². The molecule has 2 aromatic rings. The van der Waals surface area contributed by atoms with Crippen LogP contribution in [0.15, 0.2) is 36.4 Å². The lowest BCUT2D eigenvalue weighted by Crippen LogP contribution is -2.40. The lowest BCUT2D eigenvalue weighted by atomic mass is 10.1. The summed E-state index contributed by atoms with van der Waals surface area (Å²) in [6.07, 6.45) is 3.09. The molecular weight excluding hydrogens is 420 g/mol. The molecule has 0 spiro atoms. The predicted molar refractivity (Wildman–Crippen MR) is 125 cm³/mol. The molecule has 1 saturated heterocycles. The Kier molecular flexibility index (Phi) is 6.96. The quantitative estimate of drug-likeness (QED) is 0.574. The Labute approximate surface area is 194 Å². The van der Waals surface area contributed by atoms with Crippen molar-refractivity contribution in [2.24, 2.45) is 0 Å². The van der Waals surface area contributed by atoms with E-state index in [0.717, 1.165) is 37.1 Å². The lowest BCUT2D eigenvalue weighted by molar-refractivity contribution is -0.130. The summed E-state index contributed by atoms with van der Waals surface area (Å²) < 4.78 is 11.4. The first-order valence-electron chi connectivity index (χ1n) is 11.5. The number of hydrogen-bond donors (Lipinski definition) is 0. The first-order valence-corrected chi connectivity index (χ1v) is 11.5. The van der Waals surface area contributed by atoms with Gasteiger partial charge >= 0.3 is 0 Å². The summed E-state index contributed by atoms with van der Waals surface area (Å²) in [6, 6.07) is 10.9. The van der Waals surface area contributed by atoms with Crippen LogP contribution in [-0.2, 0) is 9.59 Å². The van der Waals surface area contributed by atoms with Gasteiger partial charge in [0.05, 0.1) is 5.69 Å². The van der Waals surface area contributed by atoms with E-state index < -0.39 is 0 Å². The van der Waals surface area contributed by atoms with E-state index in [2.05, 4.69) is 0 Å². The minimum atomic E-state index is -0.178. The molecule has 0 N–H and O–H groups in total. The summed E-state index contributed by atoms with van der Waals surface area (Å²) in [6.45, 7) is 5.81.